The Morgan fingerprint density at radius 3 is 2.90 bits per heavy atom. The van der Waals surface area contributed by atoms with Crippen LogP contribution in [0.4, 0.5) is 5.69 Å². The molecule has 1 aromatic heterocycles. The van der Waals surface area contributed by atoms with Crippen LogP contribution in [0.25, 0.3) is 0 Å². The highest BCUT2D eigenvalue weighted by atomic mass is 16.5. The average molecular weight is 396 g/mol. The summed E-state index contributed by atoms with van der Waals surface area (Å²) < 4.78 is 5.45. The summed E-state index contributed by atoms with van der Waals surface area (Å²) in [4.78, 5) is 27.0. The molecule has 29 heavy (non-hydrogen) atoms. The number of nitrogens with zero attached hydrogens (tertiary/aromatic N) is 2. The van der Waals surface area contributed by atoms with Gasteiger partial charge in [-0.2, -0.15) is 5.10 Å². The van der Waals surface area contributed by atoms with Crippen molar-refractivity contribution >= 4 is 17.5 Å². The molecule has 2 aromatic rings. The molecule has 0 aliphatic carbocycles. The second-order valence-corrected chi connectivity index (χ2v) is 7.95. The van der Waals surface area contributed by atoms with Gasteiger partial charge in [-0.25, -0.2) is 0 Å². The first kappa shape index (κ1) is 19.6. The van der Waals surface area contributed by atoms with E-state index in [9.17, 15) is 9.59 Å². The average Bonchev–Trinajstić information content (AvgIpc) is 3.36. The van der Waals surface area contributed by atoms with Crippen LogP contribution in [0.2, 0.25) is 0 Å². The summed E-state index contributed by atoms with van der Waals surface area (Å²) in [7, 11) is 0. The first-order valence-electron chi connectivity index (χ1n) is 10.3. The molecule has 4 rings (SSSR count). The third kappa shape index (κ3) is 4.34. The van der Waals surface area contributed by atoms with Crippen molar-refractivity contribution in [2.45, 2.75) is 58.6 Å². The van der Waals surface area contributed by atoms with Crippen LogP contribution in [-0.4, -0.2) is 46.2 Å². The van der Waals surface area contributed by atoms with Crippen LogP contribution < -0.4 is 5.32 Å². The molecule has 2 aliphatic rings. The number of carbonyl (C=O) groups excluding carboxylic acids is 2. The number of benzene rings is 1. The number of anilines is 1. The molecule has 7 nitrogen and oxygen atoms in total. The fourth-order valence-corrected chi connectivity index (χ4v) is 4.19. The van der Waals surface area contributed by atoms with Gasteiger partial charge in [-0.3, -0.25) is 14.7 Å². The Morgan fingerprint density at radius 2 is 2.17 bits per heavy atom. The predicted octanol–water partition coefficient (Wildman–Crippen LogP) is 2.66. The quantitative estimate of drug-likeness (QED) is 0.813. The standard InChI is InChI=1S/C22H28N4O3/c1-14-19(15(2)25-24-14)7-8-21(27)26-10-9-16-5-6-18(12-17(16)13-26)23-22(28)20-4-3-11-29-20/h5-6,12,20H,3-4,7-11,13H2,1-2H3,(H,23,28)(H,24,25). The van der Waals surface area contributed by atoms with E-state index in [-0.39, 0.29) is 17.9 Å². The maximum absolute atomic E-state index is 12.8. The fourth-order valence-electron chi connectivity index (χ4n) is 4.19. The van der Waals surface area contributed by atoms with Crippen molar-refractivity contribution in [1.82, 2.24) is 15.1 Å². The maximum atomic E-state index is 12.8. The van der Waals surface area contributed by atoms with Crippen molar-refractivity contribution in [1.29, 1.82) is 0 Å². The van der Waals surface area contributed by atoms with Crippen LogP contribution in [-0.2, 0) is 33.7 Å². The molecule has 2 aliphatic heterocycles. The molecule has 1 aromatic carbocycles. The highest BCUT2D eigenvalue weighted by Gasteiger charge is 2.25. The number of hydrogen-bond donors (Lipinski definition) is 2. The summed E-state index contributed by atoms with van der Waals surface area (Å²) in [5.41, 5.74) is 6.24. The Bertz CT molecular complexity index is 895. The molecule has 1 fully saturated rings. The summed E-state index contributed by atoms with van der Waals surface area (Å²) in [5, 5.41) is 10.1. The smallest absolute Gasteiger partial charge is 0.253 e. The first-order valence-corrected chi connectivity index (χ1v) is 10.3. The number of nitrogens with one attached hydrogen (secondary N) is 2. The van der Waals surface area contributed by atoms with Gasteiger partial charge < -0.3 is 15.0 Å². The Kier molecular flexibility index (Phi) is 5.67. The lowest BCUT2D eigenvalue weighted by Gasteiger charge is -2.29. The molecule has 0 saturated carbocycles. The lowest BCUT2D eigenvalue weighted by atomic mass is 9.98. The van der Waals surface area contributed by atoms with Crippen molar-refractivity contribution in [3.63, 3.8) is 0 Å². The van der Waals surface area contributed by atoms with Gasteiger partial charge in [0.05, 0.1) is 5.69 Å². The van der Waals surface area contributed by atoms with Crippen LogP contribution in [0.3, 0.4) is 0 Å². The van der Waals surface area contributed by atoms with Gasteiger partial charge in [0.15, 0.2) is 0 Å². The summed E-state index contributed by atoms with van der Waals surface area (Å²) in [6.45, 7) is 5.92. The summed E-state index contributed by atoms with van der Waals surface area (Å²) >= 11 is 0. The van der Waals surface area contributed by atoms with Gasteiger partial charge in [0, 0.05) is 37.5 Å². The Balaban J connectivity index is 1.38. The lowest BCUT2D eigenvalue weighted by Crippen LogP contribution is -2.36. The van der Waals surface area contributed by atoms with Crippen LogP contribution in [0.5, 0.6) is 0 Å². The van der Waals surface area contributed by atoms with Crippen LogP contribution in [0.15, 0.2) is 18.2 Å². The normalized spacial score (nSPS) is 18.6. The molecule has 0 radical (unpaired) electrons. The highest BCUT2D eigenvalue weighted by Crippen LogP contribution is 2.24. The monoisotopic (exact) mass is 396 g/mol. The zero-order chi connectivity index (χ0) is 20.4. The number of aromatic amines is 1. The van der Waals surface area contributed by atoms with Gasteiger partial charge in [-0.05, 0) is 68.4 Å². The van der Waals surface area contributed by atoms with Crippen molar-refractivity contribution in [3.8, 4) is 0 Å². The van der Waals surface area contributed by atoms with Gasteiger partial charge >= 0.3 is 0 Å². The second-order valence-electron chi connectivity index (χ2n) is 7.95. The Morgan fingerprint density at radius 1 is 1.31 bits per heavy atom. The number of ether oxygens (including phenoxy) is 1. The number of rotatable bonds is 5. The van der Waals surface area contributed by atoms with E-state index in [0.29, 0.717) is 26.0 Å². The SMILES string of the molecule is Cc1n[nH]c(C)c1CCC(=O)N1CCc2ccc(NC(=O)C3CCCO3)cc2C1. The zero-order valence-electron chi connectivity index (χ0n) is 17.1. The molecule has 0 spiro atoms. The summed E-state index contributed by atoms with van der Waals surface area (Å²) in [6, 6.07) is 5.99. The van der Waals surface area contributed by atoms with E-state index >= 15 is 0 Å². The number of aromatic nitrogens is 2. The number of H-pyrrole nitrogens is 1. The lowest BCUT2D eigenvalue weighted by molar-refractivity contribution is -0.132. The van der Waals surface area contributed by atoms with E-state index in [4.69, 9.17) is 4.74 Å². The third-order valence-electron chi connectivity index (χ3n) is 5.93. The molecular weight excluding hydrogens is 368 g/mol. The minimum atomic E-state index is -0.348. The van der Waals surface area contributed by atoms with Crippen molar-refractivity contribution in [2.24, 2.45) is 0 Å². The van der Waals surface area contributed by atoms with Gasteiger partial charge in [0.1, 0.15) is 6.10 Å². The molecule has 1 atom stereocenters. The molecule has 1 unspecified atom stereocenters. The van der Waals surface area contributed by atoms with Crippen molar-refractivity contribution < 1.29 is 14.3 Å². The van der Waals surface area contributed by atoms with E-state index in [1.165, 1.54) is 5.56 Å². The molecular formula is C22H28N4O3. The van der Waals surface area contributed by atoms with Crippen molar-refractivity contribution in [2.75, 3.05) is 18.5 Å². The van der Waals surface area contributed by atoms with Crippen LogP contribution in [0, 0.1) is 13.8 Å². The predicted molar refractivity (Wildman–Crippen MR) is 110 cm³/mol. The molecule has 1 saturated heterocycles. The van der Waals surface area contributed by atoms with E-state index in [2.05, 4.69) is 21.6 Å². The second kappa shape index (κ2) is 8.37. The Hall–Kier alpha value is -2.67. The summed E-state index contributed by atoms with van der Waals surface area (Å²) in [6.07, 6.45) is 3.37. The highest BCUT2D eigenvalue weighted by molar-refractivity contribution is 5.94. The van der Waals surface area contributed by atoms with Crippen LogP contribution >= 0.6 is 0 Å². The van der Waals surface area contributed by atoms with Gasteiger partial charge in [-0.1, -0.05) is 6.07 Å². The molecule has 2 amide bonds. The molecule has 3 heterocycles. The Labute approximate surface area is 170 Å². The summed E-state index contributed by atoms with van der Waals surface area (Å²) in [5.74, 6) is 0.0708. The van der Waals surface area contributed by atoms with Crippen LogP contribution in [0.1, 0.15) is 47.3 Å². The molecule has 0 bridgehead atoms. The molecule has 154 valence electrons. The third-order valence-corrected chi connectivity index (χ3v) is 5.93. The fraction of sp³-hybridized carbons (Fsp3) is 0.500. The van der Waals surface area contributed by atoms with Gasteiger partial charge in [-0.15, -0.1) is 0 Å². The van der Waals surface area contributed by atoms with E-state index in [1.54, 1.807) is 0 Å². The first-order chi connectivity index (χ1) is 14.0. The van der Waals surface area contributed by atoms with E-state index < -0.39 is 0 Å². The molecule has 2 N–H and O–H groups in total. The number of fused-ring (bicyclic) bond motifs is 1. The topological polar surface area (TPSA) is 87.3 Å². The molecule has 7 heteroatoms. The largest absolute Gasteiger partial charge is 0.368 e. The number of carbonyl (C=O) groups is 2. The number of aryl methyl sites for hydroxylation is 2. The van der Waals surface area contributed by atoms with E-state index in [1.807, 2.05) is 30.9 Å². The zero-order valence-corrected chi connectivity index (χ0v) is 17.1. The van der Waals surface area contributed by atoms with Gasteiger partial charge in [0.2, 0.25) is 5.91 Å². The minimum absolute atomic E-state index is 0.0861. The number of hydrogen-bond acceptors (Lipinski definition) is 4. The van der Waals surface area contributed by atoms with Gasteiger partial charge in [0.25, 0.3) is 5.91 Å². The minimum Gasteiger partial charge on any atom is -0.368 e. The van der Waals surface area contributed by atoms with Crippen molar-refractivity contribution in [3.05, 3.63) is 46.3 Å². The van der Waals surface area contributed by atoms with E-state index in [0.717, 1.165) is 54.0 Å². The maximum Gasteiger partial charge on any atom is 0.253 e. The number of amides is 2.